The molecule has 0 aliphatic carbocycles. The van der Waals surface area contributed by atoms with Crippen LogP contribution in [0.3, 0.4) is 0 Å². The molecular formula is C16H17FN2O. The monoisotopic (exact) mass is 272 g/mol. The molecule has 0 fully saturated rings. The molecule has 0 aliphatic rings. The Bertz CT molecular complexity index is 569. The fourth-order valence-corrected chi connectivity index (χ4v) is 1.94. The maximum Gasteiger partial charge on any atom is 0.179 e. The van der Waals surface area contributed by atoms with Gasteiger partial charge in [0.2, 0.25) is 0 Å². The molecule has 0 bridgehead atoms. The van der Waals surface area contributed by atoms with E-state index in [4.69, 9.17) is 0 Å². The van der Waals surface area contributed by atoms with E-state index >= 15 is 0 Å². The van der Waals surface area contributed by atoms with Crippen LogP contribution in [0.15, 0.2) is 48.7 Å². The summed E-state index contributed by atoms with van der Waals surface area (Å²) >= 11 is 0. The van der Waals surface area contributed by atoms with Crippen molar-refractivity contribution < 1.29 is 9.18 Å². The smallest absolute Gasteiger partial charge is 0.179 e. The molecule has 1 heterocycles. The van der Waals surface area contributed by atoms with Gasteiger partial charge in [-0.3, -0.25) is 14.7 Å². The van der Waals surface area contributed by atoms with Crippen molar-refractivity contribution in [2.75, 3.05) is 7.05 Å². The fraction of sp³-hybridized carbons (Fsp3) is 0.250. The van der Waals surface area contributed by atoms with Crippen molar-refractivity contribution in [3.05, 3.63) is 65.7 Å². The number of ketones is 1. The number of pyridine rings is 1. The maximum atomic E-state index is 12.9. The van der Waals surface area contributed by atoms with Crippen LogP contribution < -0.4 is 0 Å². The van der Waals surface area contributed by atoms with E-state index in [0.717, 1.165) is 5.69 Å². The Balaban J connectivity index is 2.04. The van der Waals surface area contributed by atoms with Gasteiger partial charge in [-0.2, -0.15) is 0 Å². The Labute approximate surface area is 118 Å². The van der Waals surface area contributed by atoms with Crippen LogP contribution in [-0.4, -0.2) is 28.8 Å². The van der Waals surface area contributed by atoms with E-state index in [2.05, 4.69) is 4.98 Å². The summed E-state index contributed by atoms with van der Waals surface area (Å²) in [7, 11) is 1.88. The van der Waals surface area contributed by atoms with E-state index in [1.165, 1.54) is 24.3 Å². The number of likely N-dealkylation sites (N-methyl/N-ethyl adjacent to an activating group) is 1. The minimum absolute atomic E-state index is 0.0246. The second kappa shape index (κ2) is 6.39. The average molecular weight is 272 g/mol. The highest BCUT2D eigenvalue weighted by Gasteiger charge is 2.19. The Hall–Kier alpha value is -2.07. The standard InChI is InChI=1S/C16H17FN2O/c1-12(16(20)13-6-8-14(17)9-7-13)19(2)11-15-5-3-4-10-18-15/h3-10,12H,11H2,1-2H3. The molecule has 0 aliphatic heterocycles. The van der Waals surface area contributed by atoms with Crippen molar-refractivity contribution in [1.82, 2.24) is 9.88 Å². The van der Waals surface area contributed by atoms with Gasteiger partial charge >= 0.3 is 0 Å². The first-order valence-electron chi connectivity index (χ1n) is 6.48. The van der Waals surface area contributed by atoms with Gasteiger partial charge in [0.25, 0.3) is 0 Å². The maximum absolute atomic E-state index is 12.9. The van der Waals surface area contributed by atoms with Gasteiger partial charge in [0.15, 0.2) is 5.78 Å². The SMILES string of the molecule is CC(C(=O)c1ccc(F)cc1)N(C)Cc1ccccn1. The first-order chi connectivity index (χ1) is 9.58. The third kappa shape index (κ3) is 3.48. The van der Waals surface area contributed by atoms with Crippen LogP contribution in [-0.2, 0) is 6.54 Å². The highest BCUT2D eigenvalue weighted by atomic mass is 19.1. The highest BCUT2D eigenvalue weighted by Crippen LogP contribution is 2.11. The van der Waals surface area contributed by atoms with Gasteiger partial charge in [-0.1, -0.05) is 6.07 Å². The summed E-state index contributed by atoms with van der Waals surface area (Å²) in [5.41, 5.74) is 1.43. The Morgan fingerprint density at radius 2 is 1.95 bits per heavy atom. The Morgan fingerprint density at radius 3 is 2.55 bits per heavy atom. The molecule has 104 valence electrons. The molecule has 0 saturated heterocycles. The molecule has 1 atom stereocenters. The number of benzene rings is 1. The number of carbonyl (C=O) groups excluding carboxylic acids is 1. The highest BCUT2D eigenvalue weighted by molar-refractivity contribution is 5.99. The second-order valence-corrected chi connectivity index (χ2v) is 4.78. The van der Waals surface area contributed by atoms with E-state index < -0.39 is 0 Å². The molecule has 0 spiro atoms. The lowest BCUT2D eigenvalue weighted by molar-refractivity contribution is 0.0861. The third-order valence-electron chi connectivity index (χ3n) is 3.31. The normalized spacial score (nSPS) is 12.4. The predicted molar refractivity (Wildman–Crippen MR) is 75.9 cm³/mol. The first kappa shape index (κ1) is 14.3. The number of hydrogen-bond acceptors (Lipinski definition) is 3. The van der Waals surface area contributed by atoms with Crippen LogP contribution in [0.1, 0.15) is 23.0 Å². The van der Waals surface area contributed by atoms with Gasteiger partial charge in [-0.25, -0.2) is 4.39 Å². The summed E-state index contributed by atoms with van der Waals surface area (Å²) in [5, 5.41) is 0. The summed E-state index contributed by atoms with van der Waals surface area (Å²) in [5.74, 6) is -0.362. The largest absolute Gasteiger partial charge is 0.292 e. The molecule has 0 N–H and O–H groups in total. The molecule has 3 nitrogen and oxygen atoms in total. The van der Waals surface area contributed by atoms with Crippen LogP contribution >= 0.6 is 0 Å². The van der Waals surface area contributed by atoms with Gasteiger partial charge in [-0.15, -0.1) is 0 Å². The molecule has 1 aromatic heterocycles. The van der Waals surface area contributed by atoms with Crippen molar-refractivity contribution in [3.8, 4) is 0 Å². The van der Waals surface area contributed by atoms with E-state index in [1.54, 1.807) is 6.20 Å². The lowest BCUT2D eigenvalue weighted by Gasteiger charge is -2.23. The molecule has 2 aromatic rings. The molecule has 0 radical (unpaired) electrons. The zero-order valence-corrected chi connectivity index (χ0v) is 11.6. The van der Waals surface area contributed by atoms with Crippen LogP contribution in [0.5, 0.6) is 0 Å². The zero-order chi connectivity index (χ0) is 14.5. The number of aromatic nitrogens is 1. The molecular weight excluding hydrogens is 255 g/mol. The minimum Gasteiger partial charge on any atom is -0.292 e. The predicted octanol–water partition coefficient (Wildman–Crippen LogP) is 2.92. The molecule has 1 unspecified atom stereocenters. The van der Waals surface area contributed by atoms with Gasteiger partial charge in [0.1, 0.15) is 5.82 Å². The van der Waals surface area contributed by atoms with E-state index in [-0.39, 0.29) is 17.6 Å². The molecule has 4 heteroatoms. The topological polar surface area (TPSA) is 33.2 Å². The molecule has 0 saturated carbocycles. The van der Waals surface area contributed by atoms with Crippen molar-refractivity contribution in [3.63, 3.8) is 0 Å². The summed E-state index contributed by atoms with van der Waals surface area (Å²) in [6, 6.07) is 11.1. The molecule has 2 rings (SSSR count). The quantitative estimate of drug-likeness (QED) is 0.785. The molecule has 20 heavy (non-hydrogen) atoms. The van der Waals surface area contributed by atoms with E-state index in [9.17, 15) is 9.18 Å². The van der Waals surface area contributed by atoms with Crippen molar-refractivity contribution >= 4 is 5.78 Å². The van der Waals surface area contributed by atoms with E-state index in [1.807, 2.05) is 37.1 Å². The number of carbonyl (C=O) groups is 1. The number of halogens is 1. The summed E-state index contributed by atoms with van der Waals surface area (Å²) in [6.45, 7) is 2.43. The summed E-state index contributed by atoms with van der Waals surface area (Å²) < 4.78 is 12.9. The number of rotatable bonds is 5. The summed E-state index contributed by atoms with van der Waals surface area (Å²) in [4.78, 5) is 18.5. The molecule has 0 amide bonds. The fourth-order valence-electron chi connectivity index (χ4n) is 1.94. The van der Waals surface area contributed by atoms with Gasteiger partial charge in [-0.05, 0) is 50.4 Å². The number of nitrogens with zero attached hydrogens (tertiary/aromatic N) is 2. The van der Waals surface area contributed by atoms with Crippen LogP contribution in [0.2, 0.25) is 0 Å². The lowest BCUT2D eigenvalue weighted by atomic mass is 10.0. The van der Waals surface area contributed by atoms with Crippen molar-refractivity contribution in [1.29, 1.82) is 0 Å². The average Bonchev–Trinajstić information content (AvgIpc) is 2.47. The van der Waals surface area contributed by atoms with E-state index in [0.29, 0.717) is 12.1 Å². The van der Waals surface area contributed by atoms with Gasteiger partial charge in [0, 0.05) is 18.3 Å². The Kier molecular flexibility index (Phi) is 4.58. The van der Waals surface area contributed by atoms with Gasteiger partial charge < -0.3 is 0 Å². The zero-order valence-electron chi connectivity index (χ0n) is 11.6. The van der Waals surface area contributed by atoms with Crippen LogP contribution in [0, 0.1) is 5.82 Å². The second-order valence-electron chi connectivity index (χ2n) is 4.78. The lowest BCUT2D eigenvalue weighted by Crippen LogP contribution is -2.35. The minimum atomic E-state index is -0.337. The first-order valence-corrected chi connectivity index (χ1v) is 6.48. The van der Waals surface area contributed by atoms with Crippen molar-refractivity contribution in [2.24, 2.45) is 0 Å². The molecule has 1 aromatic carbocycles. The van der Waals surface area contributed by atoms with Crippen LogP contribution in [0.25, 0.3) is 0 Å². The number of Topliss-reactive ketones (excluding diaryl/α,β-unsaturated/α-hetero) is 1. The van der Waals surface area contributed by atoms with Crippen LogP contribution in [0.4, 0.5) is 4.39 Å². The van der Waals surface area contributed by atoms with Crippen molar-refractivity contribution in [2.45, 2.75) is 19.5 Å². The third-order valence-corrected chi connectivity index (χ3v) is 3.31. The summed E-state index contributed by atoms with van der Waals surface area (Å²) in [6.07, 6.45) is 1.73. The Morgan fingerprint density at radius 1 is 1.25 bits per heavy atom. The number of hydrogen-bond donors (Lipinski definition) is 0. The van der Waals surface area contributed by atoms with Gasteiger partial charge in [0.05, 0.1) is 11.7 Å².